The zero-order valence-electron chi connectivity index (χ0n) is 26.3. The maximum absolute atomic E-state index is 14.4. The number of carbonyl (C=O) groups is 1. The number of fused-ring (bicyclic) bond motifs is 2. The highest BCUT2D eigenvalue weighted by Gasteiger charge is 2.29. The summed E-state index contributed by atoms with van der Waals surface area (Å²) in [5, 5.41) is 6.83. The Kier molecular flexibility index (Phi) is 9.12. The van der Waals surface area contributed by atoms with E-state index in [1.165, 1.54) is 18.2 Å². The molecule has 1 aliphatic rings. The molecule has 0 atom stereocenters. The van der Waals surface area contributed by atoms with E-state index in [2.05, 4.69) is 15.5 Å². The Morgan fingerprint density at radius 2 is 1.91 bits per heavy atom. The molecule has 238 valence electrons. The number of allylic oxidation sites excluding steroid dienone is 1. The predicted octanol–water partition coefficient (Wildman–Crippen LogP) is 4.51. The maximum Gasteiger partial charge on any atom is 0.248 e. The molecule has 0 saturated carbocycles. The number of rotatable bonds is 10. The minimum Gasteiger partial charge on any atom is -0.494 e. The lowest BCUT2D eigenvalue weighted by Gasteiger charge is -2.26. The van der Waals surface area contributed by atoms with Crippen LogP contribution < -0.4 is 20.3 Å². The number of nitrogens with zero attached hydrogens (tertiary/aromatic N) is 5. The van der Waals surface area contributed by atoms with Gasteiger partial charge in [0.2, 0.25) is 11.9 Å². The first-order valence-electron chi connectivity index (χ1n) is 14.5. The lowest BCUT2D eigenvalue weighted by molar-refractivity contribution is -0.111. The Bertz CT molecular complexity index is 1900. The Morgan fingerprint density at radius 1 is 1.13 bits per heavy atom. The largest absolute Gasteiger partial charge is 0.494 e. The van der Waals surface area contributed by atoms with Crippen LogP contribution in [0.4, 0.5) is 27.4 Å². The zero-order valence-corrected chi connectivity index (χ0v) is 27.1. The number of aryl methyl sites for hydroxylation is 2. The summed E-state index contributed by atoms with van der Waals surface area (Å²) in [4.78, 5) is 26.3. The van der Waals surface area contributed by atoms with E-state index >= 15 is 0 Å². The van der Waals surface area contributed by atoms with Crippen molar-refractivity contribution < 1.29 is 22.3 Å². The first kappa shape index (κ1) is 31.9. The lowest BCUT2D eigenvalue weighted by atomic mass is 10.0. The molecule has 1 amide bonds. The molecule has 0 radical (unpaired) electrons. The molecule has 4 aromatic rings. The standard InChI is InChI=1S/C32H38FN7O4S/c1-7-8-30(41)34-25-16-26(29(44-6)17-28(25)39(4)13-12-38(2)3)36-32-35-24-11-14-45(42,43)19-23(24)31(37-32)22-18-40(5)27-10-9-20(33)15-21(22)27/h7-10,15-18H,11-14,19H2,1-6H3,(H,34,41)(H,35,36,37)/b8-7-. The summed E-state index contributed by atoms with van der Waals surface area (Å²) in [7, 11) is 5.96. The number of amides is 1. The van der Waals surface area contributed by atoms with Crippen molar-refractivity contribution in [2.24, 2.45) is 7.05 Å². The quantitative estimate of drug-likeness (QED) is 0.243. The predicted molar refractivity (Wildman–Crippen MR) is 177 cm³/mol. The number of likely N-dealkylation sites (N-methyl/N-ethyl adjacent to an activating group) is 2. The van der Waals surface area contributed by atoms with Crippen molar-refractivity contribution in [1.82, 2.24) is 19.4 Å². The third-order valence-electron chi connectivity index (χ3n) is 7.75. The number of hydrogen-bond acceptors (Lipinski definition) is 9. The van der Waals surface area contributed by atoms with E-state index in [9.17, 15) is 17.6 Å². The molecule has 2 N–H and O–H groups in total. The molecular formula is C32H38FN7O4S. The monoisotopic (exact) mass is 635 g/mol. The molecule has 2 aromatic carbocycles. The smallest absolute Gasteiger partial charge is 0.248 e. The van der Waals surface area contributed by atoms with Crippen molar-refractivity contribution in [2.75, 3.05) is 62.6 Å². The Morgan fingerprint density at radius 3 is 2.62 bits per heavy atom. The number of anilines is 4. The molecular weight excluding hydrogens is 597 g/mol. The normalized spacial score (nSPS) is 14.1. The van der Waals surface area contributed by atoms with E-state index in [1.54, 1.807) is 32.2 Å². The number of benzene rings is 2. The summed E-state index contributed by atoms with van der Waals surface area (Å²) in [6, 6.07) is 8.10. The molecule has 0 bridgehead atoms. The van der Waals surface area contributed by atoms with E-state index in [0.29, 0.717) is 51.6 Å². The Labute approximate surface area is 262 Å². The summed E-state index contributed by atoms with van der Waals surface area (Å²) in [6.07, 6.45) is 5.15. The second-order valence-electron chi connectivity index (χ2n) is 11.4. The van der Waals surface area contributed by atoms with Gasteiger partial charge in [-0.25, -0.2) is 22.8 Å². The van der Waals surface area contributed by atoms with Gasteiger partial charge in [0, 0.05) is 67.9 Å². The topological polar surface area (TPSA) is 122 Å². The first-order valence-corrected chi connectivity index (χ1v) is 16.3. The Hall–Kier alpha value is -4.49. The van der Waals surface area contributed by atoms with Crippen molar-refractivity contribution in [3.05, 3.63) is 65.8 Å². The molecule has 13 heteroatoms. The molecule has 11 nitrogen and oxygen atoms in total. The fourth-order valence-electron chi connectivity index (χ4n) is 5.43. The second-order valence-corrected chi connectivity index (χ2v) is 13.6. The van der Waals surface area contributed by atoms with Crippen LogP contribution >= 0.6 is 0 Å². The van der Waals surface area contributed by atoms with Gasteiger partial charge in [0.25, 0.3) is 0 Å². The number of halogens is 1. The molecule has 5 rings (SSSR count). The van der Waals surface area contributed by atoms with Crippen LogP contribution in [-0.2, 0) is 33.9 Å². The van der Waals surface area contributed by atoms with Gasteiger partial charge in [-0.15, -0.1) is 0 Å². The molecule has 45 heavy (non-hydrogen) atoms. The number of methoxy groups -OCH3 is 1. The van der Waals surface area contributed by atoms with Gasteiger partial charge in [0.05, 0.1) is 47.1 Å². The molecule has 3 heterocycles. The average Bonchev–Trinajstić information content (AvgIpc) is 3.30. The molecule has 0 unspecified atom stereocenters. The van der Waals surface area contributed by atoms with Crippen molar-refractivity contribution in [3.8, 4) is 17.0 Å². The number of aromatic nitrogens is 3. The van der Waals surface area contributed by atoms with Crippen molar-refractivity contribution in [2.45, 2.75) is 19.1 Å². The average molecular weight is 636 g/mol. The van der Waals surface area contributed by atoms with E-state index in [0.717, 1.165) is 17.7 Å². The SMILES string of the molecule is C/C=C\C(=O)Nc1cc(Nc2nc3c(c(-c4cn(C)c5ccc(F)cc45)n2)CS(=O)(=O)CC3)c(OC)cc1N(C)CCN(C)C. The molecule has 0 saturated heterocycles. The van der Waals surface area contributed by atoms with Gasteiger partial charge >= 0.3 is 0 Å². The summed E-state index contributed by atoms with van der Waals surface area (Å²) in [6.45, 7) is 3.26. The molecule has 0 fully saturated rings. The van der Waals surface area contributed by atoms with Crippen molar-refractivity contribution in [3.63, 3.8) is 0 Å². The third-order valence-corrected chi connectivity index (χ3v) is 9.30. The van der Waals surface area contributed by atoms with E-state index in [1.807, 2.05) is 49.9 Å². The summed E-state index contributed by atoms with van der Waals surface area (Å²) in [5.74, 6) is -0.220. The highest BCUT2D eigenvalue weighted by molar-refractivity contribution is 7.90. The second kappa shape index (κ2) is 12.9. The van der Waals surface area contributed by atoms with Gasteiger partial charge in [0.15, 0.2) is 9.84 Å². The van der Waals surface area contributed by atoms with Gasteiger partial charge in [-0.3, -0.25) is 4.79 Å². The van der Waals surface area contributed by atoms with Gasteiger partial charge < -0.3 is 29.7 Å². The van der Waals surface area contributed by atoms with Gasteiger partial charge in [-0.1, -0.05) is 6.08 Å². The first-order chi connectivity index (χ1) is 21.4. The number of nitrogens with one attached hydrogen (secondary N) is 2. The van der Waals surface area contributed by atoms with Crippen LogP contribution in [0.1, 0.15) is 18.2 Å². The zero-order chi connectivity index (χ0) is 32.5. The summed E-state index contributed by atoms with van der Waals surface area (Å²) in [5.41, 5.74) is 4.72. The fourth-order valence-corrected chi connectivity index (χ4v) is 6.82. The van der Waals surface area contributed by atoms with Crippen LogP contribution in [0, 0.1) is 5.82 Å². The van der Waals surface area contributed by atoms with Crippen LogP contribution in [0.25, 0.3) is 22.2 Å². The summed E-state index contributed by atoms with van der Waals surface area (Å²) < 4.78 is 47.5. The summed E-state index contributed by atoms with van der Waals surface area (Å²) >= 11 is 0. The molecule has 2 aromatic heterocycles. The van der Waals surface area contributed by atoms with Crippen LogP contribution in [0.2, 0.25) is 0 Å². The van der Waals surface area contributed by atoms with Gasteiger partial charge in [-0.05, 0) is 51.4 Å². The molecule has 0 spiro atoms. The van der Waals surface area contributed by atoms with Crippen molar-refractivity contribution >= 4 is 49.7 Å². The fraction of sp³-hybridized carbons (Fsp3) is 0.344. The highest BCUT2D eigenvalue weighted by atomic mass is 32.2. The van der Waals surface area contributed by atoms with E-state index < -0.39 is 15.7 Å². The third kappa shape index (κ3) is 6.94. The molecule has 1 aliphatic heterocycles. The number of ether oxygens (including phenoxy) is 1. The maximum atomic E-state index is 14.4. The van der Waals surface area contributed by atoms with Crippen LogP contribution in [0.3, 0.4) is 0 Å². The van der Waals surface area contributed by atoms with Gasteiger partial charge in [-0.2, -0.15) is 0 Å². The number of sulfone groups is 1. The van der Waals surface area contributed by atoms with E-state index in [4.69, 9.17) is 14.7 Å². The minimum absolute atomic E-state index is 0.0293. The highest BCUT2D eigenvalue weighted by Crippen LogP contribution is 2.40. The minimum atomic E-state index is -3.36. The number of hydrogen-bond donors (Lipinski definition) is 2. The van der Waals surface area contributed by atoms with Crippen LogP contribution in [0.5, 0.6) is 5.75 Å². The molecule has 0 aliphatic carbocycles. The van der Waals surface area contributed by atoms with Crippen molar-refractivity contribution in [1.29, 1.82) is 0 Å². The van der Waals surface area contributed by atoms with Crippen LogP contribution in [-0.4, -0.2) is 80.9 Å². The van der Waals surface area contributed by atoms with E-state index in [-0.39, 0.29) is 29.8 Å². The Balaban J connectivity index is 1.64. The van der Waals surface area contributed by atoms with Crippen LogP contribution in [0.15, 0.2) is 48.7 Å². The number of carbonyl (C=O) groups excluding carboxylic acids is 1. The van der Waals surface area contributed by atoms with Gasteiger partial charge in [0.1, 0.15) is 11.6 Å². The lowest BCUT2D eigenvalue weighted by Crippen LogP contribution is -2.29.